The molecule has 0 aromatic heterocycles. The first-order valence-electron chi connectivity index (χ1n) is 13.4. The molecule has 0 aliphatic heterocycles. The molecule has 1 aliphatic carbocycles. The molecular weight excluding hydrogens is 456 g/mol. The van der Waals surface area contributed by atoms with Crippen molar-refractivity contribution in [3.8, 4) is 33.8 Å². The predicted octanol–water partition coefficient (Wildman–Crippen LogP) is 8.58. The average molecular weight is 491 g/mol. The van der Waals surface area contributed by atoms with E-state index >= 15 is 0 Å². The Labute approximate surface area is 219 Å². The van der Waals surface area contributed by atoms with Crippen LogP contribution in [0, 0.1) is 5.92 Å². The second-order valence-electron chi connectivity index (χ2n) is 10.1. The smallest absolute Gasteiger partial charge is 0.311 e. The number of phenols is 1. The van der Waals surface area contributed by atoms with Crippen LogP contribution in [0.1, 0.15) is 56.1 Å². The van der Waals surface area contributed by atoms with Crippen LogP contribution in [0.15, 0.2) is 97.1 Å². The largest absolute Gasteiger partial charge is 0.508 e. The van der Waals surface area contributed by atoms with Gasteiger partial charge in [0.1, 0.15) is 11.5 Å². The van der Waals surface area contributed by atoms with Crippen LogP contribution >= 0.6 is 0 Å². The van der Waals surface area contributed by atoms with Crippen molar-refractivity contribution >= 4 is 5.97 Å². The van der Waals surface area contributed by atoms with Gasteiger partial charge in [0.25, 0.3) is 0 Å². The molecule has 4 aromatic rings. The molecule has 1 N–H and O–H groups in total. The maximum Gasteiger partial charge on any atom is 0.311 e. The van der Waals surface area contributed by atoms with Gasteiger partial charge in [0.15, 0.2) is 0 Å². The van der Waals surface area contributed by atoms with E-state index in [9.17, 15) is 9.90 Å². The second kappa shape index (κ2) is 11.9. The van der Waals surface area contributed by atoms with Crippen molar-refractivity contribution in [3.63, 3.8) is 0 Å². The highest BCUT2D eigenvalue weighted by Gasteiger charge is 2.18. The molecule has 0 unspecified atom stereocenters. The molecule has 37 heavy (non-hydrogen) atoms. The molecule has 0 radical (unpaired) electrons. The molecule has 0 atom stereocenters. The third-order valence-electron chi connectivity index (χ3n) is 7.44. The minimum atomic E-state index is -0.179. The number of esters is 1. The lowest BCUT2D eigenvalue weighted by atomic mass is 9.86. The van der Waals surface area contributed by atoms with Crippen LogP contribution in [0.25, 0.3) is 22.3 Å². The summed E-state index contributed by atoms with van der Waals surface area (Å²) in [5.74, 6) is 1.26. The SMILES string of the molecule is O=C(CCC1CCCCC1)Oc1ccc(-c2ccccc2)cc1Cc1cc(-c2ccccc2)ccc1O. The summed E-state index contributed by atoms with van der Waals surface area (Å²) in [6, 6.07) is 32.0. The minimum absolute atomic E-state index is 0.179. The van der Waals surface area contributed by atoms with Gasteiger partial charge in [0, 0.05) is 18.4 Å². The van der Waals surface area contributed by atoms with Crippen LogP contribution in [-0.2, 0) is 11.2 Å². The lowest BCUT2D eigenvalue weighted by molar-refractivity contribution is -0.134. The molecule has 3 nitrogen and oxygen atoms in total. The van der Waals surface area contributed by atoms with Crippen LogP contribution < -0.4 is 4.74 Å². The van der Waals surface area contributed by atoms with Crippen LogP contribution in [0.2, 0.25) is 0 Å². The van der Waals surface area contributed by atoms with E-state index in [1.54, 1.807) is 6.07 Å². The maximum atomic E-state index is 12.8. The number of ether oxygens (including phenoxy) is 1. The minimum Gasteiger partial charge on any atom is -0.508 e. The zero-order chi connectivity index (χ0) is 25.5. The van der Waals surface area contributed by atoms with Crippen LogP contribution in [0.4, 0.5) is 0 Å². The fourth-order valence-corrected chi connectivity index (χ4v) is 5.34. The van der Waals surface area contributed by atoms with Crippen molar-refractivity contribution < 1.29 is 14.6 Å². The number of aromatic hydroxyl groups is 1. The van der Waals surface area contributed by atoms with Gasteiger partial charge in [-0.1, -0.05) is 105 Å². The Balaban J connectivity index is 1.41. The molecule has 4 aromatic carbocycles. The molecule has 0 amide bonds. The number of phenolic OH excluding ortho intramolecular Hbond substituents is 1. The lowest BCUT2D eigenvalue weighted by Gasteiger charge is -2.21. The van der Waals surface area contributed by atoms with E-state index in [-0.39, 0.29) is 11.7 Å². The first-order valence-corrected chi connectivity index (χ1v) is 13.4. The average Bonchev–Trinajstić information content (AvgIpc) is 2.95. The summed E-state index contributed by atoms with van der Waals surface area (Å²) < 4.78 is 5.93. The Morgan fingerprint density at radius 3 is 1.95 bits per heavy atom. The lowest BCUT2D eigenvalue weighted by Crippen LogP contribution is -2.13. The van der Waals surface area contributed by atoms with E-state index < -0.39 is 0 Å². The molecule has 1 fully saturated rings. The highest BCUT2D eigenvalue weighted by molar-refractivity contribution is 5.74. The highest BCUT2D eigenvalue weighted by Crippen LogP contribution is 2.33. The van der Waals surface area contributed by atoms with Gasteiger partial charge in [-0.05, 0) is 64.4 Å². The zero-order valence-corrected chi connectivity index (χ0v) is 21.2. The van der Waals surface area contributed by atoms with Crippen molar-refractivity contribution in [1.82, 2.24) is 0 Å². The standard InChI is InChI=1S/C34H34O3/c35-32-19-17-28(26-12-6-2-7-13-26)22-30(32)24-31-23-29(27-14-8-3-9-15-27)18-20-33(31)37-34(36)21-16-25-10-4-1-5-11-25/h2-3,6-9,12-15,17-20,22-23,25,35H,1,4-5,10-11,16,21,24H2. The van der Waals surface area contributed by atoms with Gasteiger partial charge in [-0.15, -0.1) is 0 Å². The van der Waals surface area contributed by atoms with Crippen molar-refractivity contribution in [2.45, 2.75) is 51.4 Å². The highest BCUT2D eigenvalue weighted by atomic mass is 16.5. The second-order valence-corrected chi connectivity index (χ2v) is 10.1. The van der Waals surface area contributed by atoms with Crippen LogP contribution in [-0.4, -0.2) is 11.1 Å². The van der Waals surface area contributed by atoms with Crippen LogP contribution in [0.3, 0.4) is 0 Å². The van der Waals surface area contributed by atoms with E-state index in [1.165, 1.54) is 32.1 Å². The Morgan fingerprint density at radius 1 is 0.703 bits per heavy atom. The summed E-state index contributed by atoms with van der Waals surface area (Å²) in [4.78, 5) is 12.8. The number of rotatable bonds is 8. The number of carbonyl (C=O) groups excluding carboxylic acids is 1. The van der Waals surface area contributed by atoms with Gasteiger partial charge in [0.2, 0.25) is 0 Å². The number of hydrogen-bond donors (Lipinski definition) is 1. The topological polar surface area (TPSA) is 46.5 Å². The van der Waals surface area contributed by atoms with E-state index in [4.69, 9.17) is 4.74 Å². The summed E-state index contributed by atoms with van der Waals surface area (Å²) >= 11 is 0. The molecule has 0 spiro atoms. The molecule has 1 saturated carbocycles. The molecule has 1 aliphatic rings. The van der Waals surface area contributed by atoms with Gasteiger partial charge in [-0.3, -0.25) is 4.79 Å². The fraction of sp³-hybridized carbons (Fsp3) is 0.265. The summed E-state index contributed by atoms with van der Waals surface area (Å²) in [6.07, 6.45) is 8.11. The molecule has 5 rings (SSSR count). The molecular formula is C34H34O3. The Bertz CT molecular complexity index is 1320. The first-order chi connectivity index (χ1) is 18.2. The first kappa shape index (κ1) is 24.8. The number of carbonyl (C=O) groups is 1. The van der Waals surface area contributed by atoms with Crippen molar-refractivity contribution in [2.24, 2.45) is 5.92 Å². The quantitative estimate of drug-likeness (QED) is 0.199. The van der Waals surface area contributed by atoms with E-state index in [0.717, 1.165) is 39.8 Å². The maximum absolute atomic E-state index is 12.8. The third-order valence-corrected chi connectivity index (χ3v) is 7.44. The van der Waals surface area contributed by atoms with Gasteiger partial charge in [-0.2, -0.15) is 0 Å². The van der Waals surface area contributed by atoms with Gasteiger partial charge >= 0.3 is 5.97 Å². The Hall–Kier alpha value is -3.85. The number of hydrogen-bond acceptors (Lipinski definition) is 3. The molecule has 3 heteroatoms. The summed E-state index contributed by atoms with van der Waals surface area (Å²) in [5.41, 5.74) is 5.96. The van der Waals surface area contributed by atoms with E-state index in [1.807, 2.05) is 60.7 Å². The Morgan fingerprint density at radius 2 is 1.30 bits per heavy atom. The molecule has 0 heterocycles. The fourth-order valence-electron chi connectivity index (χ4n) is 5.34. The van der Waals surface area contributed by atoms with Gasteiger partial charge in [-0.25, -0.2) is 0 Å². The van der Waals surface area contributed by atoms with Crippen molar-refractivity contribution in [2.75, 3.05) is 0 Å². The van der Waals surface area contributed by atoms with Gasteiger partial charge in [0.05, 0.1) is 0 Å². The van der Waals surface area contributed by atoms with Crippen molar-refractivity contribution in [1.29, 1.82) is 0 Å². The molecule has 0 saturated heterocycles. The number of benzene rings is 4. The van der Waals surface area contributed by atoms with E-state index in [2.05, 4.69) is 30.3 Å². The summed E-state index contributed by atoms with van der Waals surface area (Å²) in [5, 5.41) is 10.7. The monoisotopic (exact) mass is 490 g/mol. The Kier molecular flexibility index (Phi) is 8.00. The van der Waals surface area contributed by atoms with Gasteiger partial charge < -0.3 is 9.84 Å². The third kappa shape index (κ3) is 6.48. The molecule has 188 valence electrons. The summed E-state index contributed by atoms with van der Waals surface area (Å²) in [6.45, 7) is 0. The normalized spacial score (nSPS) is 13.8. The van der Waals surface area contributed by atoms with E-state index in [0.29, 0.717) is 24.5 Å². The predicted molar refractivity (Wildman–Crippen MR) is 150 cm³/mol. The zero-order valence-electron chi connectivity index (χ0n) is 21.2. The van der Waals surface area contributed by atoms with Crippen molar-refractivity contribution in [3.05, 3.63) is 108 Å². The summed E-state index contributed by atoms with van der Waals surface area (Å²) in [7, 11) is 0. The van der Waals surface area contributed by atoms with Crippen LogP contribution in [0.5, 0.6) is 11.5 Å². The molecule has 0 bridgehead atoms.